The minimum atomic E-state index is -4.07. The van der Waals surface area contributed by atoms with Gasteiger partial charge in [-0.3, -0.25) is 4.72 Å². The highest BCUT2D eigenvalue weighted by atomic mass is 79.9. The number of esters is 1. The number of benzene rings is 2. The molecule has 7 nitrogen and oxygen atoms in total. The van der Waals surface area contributed by atoms with Crippen LogP contribution in [0.1, 0.15) is 10.4 Å². The van der Waals surface area contributed by atoms with Gasteiger partial charge in [0, 0.05) is 4.47 Å². The summed E-state index contributed by atoms with van der Waals surface area (Å²) < 4.78 is 31.9. The molecule has 2 aromatic carbocycles. The Morgan fingerprint density at radius 1 is 1.13 bits per heavy atom. The van der Waals surface area contributed by atoms with Crippen molar-refractivity contribution in [3.63, 3.8) is 0 Å². The number of rotatable bonds is 4. The Morgan fingerprint density at radius 3 is 2.43 bits per heavy atom. The van der Waals surface area contributed by atoms with E-state index in [1.165, 1.54) is 12.1 Å². The van der Waals surface area contributed by atoms with Gasteiger partial charge in [-0.05, 0) is 36.4 Å². The summed E-state index contributed by atoms with van der Waals surface area (Å²) >= 11 is 3.15. The first-order chi connectivity index (χ1) is 10.7. The summed E-state index contributed by atoms with van der Waals surface area (Å²) in [6, 6.07) is 7.43. The summed E-state index contributed by atoms with van der Waals surface area (Å²) in [6.45, 7) is 0. The molecule has 23 heavy (non-hydrogen) atoms. The van der Waals surface area contributed by atoms with Crippen molar-refractivity contribution in [3.8, 4) is 11.5 Å². The van der Waals surface area contributed by atoms with E-state index in [1.807, 2.05) is 0 Å². The van der Waals surface area contributed by atoms with Crippen LogP contribution in [0.15, 0.2) is 45.8 Å². The van der Waals surface area contributed by atoms with Crippen LogP contribution in [-0.2, 0) is 14.8 Å². The summed E-state index contributed by atoms with van der Waals surface area (Å²) in [5.74, 6) is -1.54. The summed E-state index contributed by atoms with van der Waals surface area (Å²) in [6.07, 6.45) is 0. The number of nitrogens with one attached hydrogen (secondary N) is 1. The number of carbonyl (C=O) groups is 1. The Hall–Kier alpha value is -2.26. The quantitative estimate of drug-likeness (QED) is 0.535. The van der Waals surface area contributed by atoms with Crippen LogP contribution >= 0.6 is 15.9 Å². The summed E-state index contributed by atoms with van der Waals surface area (Å²) in [4.78, 5) is 11.3. The van der Waals surface area contributed by atoms with E-state index in [0.717, 1.165) is 25.3 Å². The van der Waals surface area contributed by atoms with Crippen LogP contribution in [0.25, 0.3) is 0 Å². The number of ether oxygens (including phenoxy) is 1. The number of hydrogen-bond acceptors (Lipinski definition) is 6. The highest BCUT2D eigenvalue weighted by Gasteiger charge is 2.20. The van der Waals surface area contributed by atoms with Gasteiger partial charge < -0.3 is 14.9 Å². The van der Waals surface area contributed by atoms with Gasteiger partial charge >= 0.3 is 5.97 Å². The maximum absolute atomic E-state index is 12.3. The lowest BCUT2D eigenvalue weighted by Gasteiger charge is -2.11. The van der Waals surface area contributed by atoms with E-state index >= 15 is 0 Å². The third-order valence-electron chi connectivity index (χ3n) is 2.89. The van der Waals surface area contributed by atoms with Crippen molar-refractivity contribution >= 4 is 37.6 Å². The summed E-state index contributed by atoms with van der Waals surface area (Å²) in [5.41, 5.74) is -0.309. The molecule has 0 spiro atoms. The van der Waals surface area contributed by atoms with Gasteiger partial charge in [-0.1, -0.05) is 15.9 Å². The van der Waals surface area contributed by atoms with Crippen molar-refractivity contribution in [1.29, 1.82) is 0 Å². The second-order valence-electron chi connectivity index (χ2n) is 4.44. The minimum Gasteiger partial charge on any atom is -0.507 e. The molecule has 122 valence electrons. The Bertz CT molecular complexity index is 866. The molecule has 9 heteroatoms. The van der Waals surface area contributed by atoms with Crippen molar-refractivity contribution in [3.05, 3.63) is 46.4 Å². The number of phenols is 2. The molecular weight excluding hydrogens is 390 g/mol. The van der Waals surface area contributed by atoms with E-state index in [0.29, 0.717) is 4.47 Å². The Labute approximate surface area is 140 Å². The zero-order valence-corrected chi connectivity index (χ0v) is 14.2. The van der Waals surface area contributed by atoms with E-state index in [9.17, 15) is 23.4 Å². The number of anilines is 1. The van der Waals surface area contributed by atoms with Crippen LogP contribution in [-0.4, -0.2) is 31.7 Å². The zero-order chi connectivity index (χ0) is 17.2. The fraction of sp³-hybridized carbons (Fsp3) is 0.0714. The molecule has 2 rings (SSSR count). The molecule has 0 amide bonds. The van der Waals surface area contributed by atoms with Gasteiger partial charge in [0.25, 0.3) is 10.0 Å². The van der Waals surface area contributed by atoms with Crippen LogP contribution in [0.3, 0.4) is 0 Å². The van der Waals surface area contributed by atoms with Gasteiger partial charge in [0.05, 0.1) is 17.7 Å². The third kappa shape index (κ3) is 3.74. The lowest BCUT2D eigenvalue weighted by atomic mass is 10.2. The first-order valence-electron chi connectivity index (χ1n) is 6.17. The second-order valence-corrected chi connectivity index (χ2v) is 7.04. The van der Waals surface area contributed by atoms with Gasteiger partial charge in [-0.2, -0.15) is 0 Å². The fourth-order valence-corrected chi connectivity index (χ4v) is 3.20. The topological polar surface area (TPSA) is 113 Å². The van der Waals surface area contributed by atoms with Gasteiger partial charge in [0.15, 0.2) is 0 Å². The standard InChI is InChI=1S/C14H12BrNO6S/c1-22-14(19)10-7-9(3-5-12(10)17)23(20,21)16-11-4-2-8(15)6-13(11)18/h2-7,16-18H,1H3. The number of sulfonamides is 1. The van der Waals surface area contributed by atoms with Crippen molar-refractivity contribution < 1.29 is 28.2 Å². The van der Waals surface area contributed by atoms with Gasteiger partial charge in [0.2, 0.25) is 0 Å². The SMILES string of the molecule is COC(=O)c1cc(S(=O)(=O)Nc2ccc(Br)cc2O)ccc1O. The number of hydrogen-bond donors (Lipinski definition) is 3. The predicted molar refractivity (Wildman–Crippen MR) is 86.1 cm³/mol. The molecule has 0 aliphatic carbocycles. The van der Waals surface area contributed by atoms with E-state index in [-0.39, 0.29) is 21.9 Å². The molecule has 2 aromatic rings. The fourth-order valence-electron chi connectivity index (χ4n) is 1.75. The molecule has 0 saturated heterocycles. The maximum atomic E-state index is 12.3. The highest BCUT2D eigenvalue weighted by molar-refractivity contribution is 9.10. The van der Waals surface area contributed by atoms with E-state index in [1.54, 1.807) is 6.07 Å². The molecule has 0 bridgehead atoms. The van der Waals surface area contributed by atoms with Crippen LogP contribution in [0, 0.1) is 0 Å². The van der Waals surface area contributed by atoms with Crippen molar-refractivity contribution in [2.75, 3.05) is 11.8 Å². The Kier molecular flexibility index (Phi) is 4.81. The first kappa shape index (κ1) is 17.1. The third-order valence-corrected chi connectivity index (χ3v) is 4.74. The van der Waals surface area contributed by atoms with Gasteiger partial charge in [0.1, 0.15) is 17.1 Å². The van der Waals surface area contributed by atoms with Crippen LogP contribution in [0.2, 0.25) is 0 Å². The molecule has 0 unspecified atom stereocenters. The molecule has 0 fully saturated rings. The summed E-state index contributed by atoms with van der Waals surface area (Å²) in [5, 5.41) is 19.4. The number of methoxy groups -OCH3 is 1. The van der Waals surface area contributed by atoms with Crippen LogP contribution in [0.4, 0.5) is 5.69 Å². The molecule has 0 aliphatic heterocycles. The van der Waals surface area contributed by atoms with Gasteiger partial charge in [-0.25, -0.2) is 13.2 Å². The lowest BCUT2D eigenvalue weighted by molar-refractivity contribution is 0.0597. The molecule has 0 saturated carbocycles. The highest BCUT2D eigenvalue weighted by Crippen LogP contribution is 2.30. The molecule has 0 atom stereocenters. The van der Waals surface area contributed by atoms with Crippen molar-refractivity contribution in [2.45, 2.75) is 4.90 Å². The van der Waals surface area contributed by atoms with E-state index in [2.05, 4.69) is 25.4 Å². The molecule has 0 heterocycles. The number of halogens is 1. The molecule has 0 aliphatic rings. The Balaban J connectivity index is 2.42. The van der Waals surface area contributed by atoms with Crippen molar-refractivity contribution in [2.24, 2.45) is 0 Å². The predicted octanol–water partition coefficient (Wildman–Crippen LogP) is 2.45. The maximum Gasteiger partial charge on any atom is 0.341 e. The number of phenolic OH excluding ortho intramolecular Hbond substituents is 2. The van der Waals surface area contributed by atoms with Crippen LogP contribution in [0.5, 0.6) is 11.5 Å². The lowest BCUT2D eigenvalue weighted by Crippen LogP contribution is -2.14. The number of carbonyl (C=O) groups excluding carboxylic acids is 1. The molecule has 3 N–H and O–H groups in total. The minimum absolute atomic E-state index is 0.0270. The second kappa shape index (κ2) is 6.47. The van der Waals surface area contributed by atoms with Gasteiger partial charge in [-0.15, -0.1) is 0 Å². The largest absolute Gasteiger partial charge is 0.507 e. The average Bonchev–Trinajstić information content (AvgIpc) is 2.49. The first-order valence-corrected chi connectivity index (χ1v) is 8.45. The average molecular weight is 402 g/mol. The summed E-state index contributed by atoms with van der Waals surface area (Å²) in [7, 11) is -2.96. The monoisotopic (exact) mass is 401 g/mol. The van der Waals surface area contributed by atoms with E-state index < -0.39 is 21.7 Å². The smallest absolute Gasteiger partial charge is 0.341 e. The molecule has 0 aromatic heterocycles. The normalized spacial score (nSPS) is 11.0. The Morgan fingerprint density at radius 2 is 1.83 bits per heavy atom. The zero-order valence-electron chi connectivity index (χ0n) is 11.8. The molecule has 0 radical (unpaired) electrons. The molecular formula is C14H12BrNO6S. The number of aromatic hydroxyl groups is 2. The van der Waals surface area contributed by atoms with Crippen molar-refractivity contribution in [1.82, 2.24) is 0 Å². The van der Waals surface area contributed by atoms with E-state index in [4.69, 9.17) is 0 Å². The van der Waals surface area contributed by atoms with Crippen LogP contribution < -0.4 is 4.72 Å².